The summed E-state index contributed by atoms with van der Waals surface area (Å²) in [4.78, 5) is 13.7. The van der Waals surface area contributed by atoms with Crippen LogP contribution in [0.5, 0.6) is 0 Å². The fourth-order valence-electron chi connectivity index (χ4n) is 3.39. The summed E-state index contributed by atoms with van der Waals surface area (Å²) in [5.74, 6) is -0.789. The standard InChI is InChI=1S/C19H19Cl2NO2/c1-12-7-9-13(10-8-12)18(14-4-2-5-15(20)17(14)21)22-11-3-6-16(22)19(23)24/h2,4-5,7-10,16,18H,3,6,11H2,1H3,(H,23,24). The smallest absolute Gasteiger partial charge is 0.320 e. The summed E-state index contributed by atoms with van der Waals surface area (Å²) in [5.41, 5.74) is 3.03. The summed E-state index contributed by atoms with van der Waals surface area (Å²) in [6, 6.07) is 12.9. The van der Waals surface area contributed by atoms with E-state index >= 15 is 0 Å². The van der Waals surface area contributed by atoms with Gasteiger partial charge in [-0.3, -0.25) is 9.69 Å². The molecule has 3 rings (SSSR count). The van der Waals surface area contributed by atoms with Crippen LogP contribution in [-0.4, -0.2) is 28.6 Å². The number of rotatable bonds is 4. The Bertz CT molecular complexity index is 746. The molecular weight excluding hydrogens is 345 g/mol. The van der Waals surface area contributed by atoms with Crippen molar-refractivity contribution in [3.63, 3.8) is 0 Å². The zero-order chi connectivity index (χ0) is 17.3. The Balaban J connectivity index is 2.12. The fourth-order valence-corrected chi connectivity index (χ4v) is 3.80. The number of benzene rings is 2. The van der Waals surface area contributed by atoms with Crippen LogP contribution >= 0.6 is 23.2 Å². The van der Waals surface area contributed by atoms with Crippen molar-refractivity contribution < 1.29 is 9.90 Å². The average molecular weight is 364 g/mol. The van der Waals surface area contributed by atoms with Gasteiger partial charge in [0.25, 0.3) is 0 Å². The molecule has 1 N–H and O–H groups in total. The molecule has 0 aliphatic carbocycles. The number of aliphatic carboxylic acids is 1. The molecule has 3 nitrogen and oxygen atoms in total. The first-order valence-electron chi connectivity index (χ1n) is 7.98. The average Bonchev–Trinajstić information content (AvgIpc) is 3.03. The van der Waals surface area contributed by atoms with Gasteiger partial charge in [0.2, 0.25) is 0 Å². The Morgan fingerprint density at radius 3 is 2.58 bits per heavy atom. The lowest BCUT2D eigenvalue weighted by Crippen LogP contribution is -2.39. The van der Waals surface area contributed by atoms with E-state index in [4.69, 9.17) is 23.2 Å². The van der Waals surface area contributed by atoms with E-state index in [2.05, 4.69) is 0 Å². The van der Waals surface area contributed by atoms with Crippen molar-refractivity contribution >= 4 is 29.2 Å². The van der Waals surface area contributed by atoms with Gasteiger partial charge in [-0.15, -0.1) is 0 Å². The molecular formula is C19H19Cl2NO2. The molecule has 24 heavy (non-hydrogen) atoms. The van der Waals surface area contributed by atoms with Crippen molar-refractivity contribution in [2.24, 2.45) is 0 Å². The summed E-state index contributed by atoms with van der Waals surface area (Å²) in [6.07, 6.45) is 1.51. The highest BCUT2D eigenvalue weighted by Crippen LogP contribution is 2.40. The highest BCUT2D eigenvalue weighted by atomic mass is 35.5. The molecule has 1 aliphatic rings. The predicted molar refractivity (Wildman–Crippen MR) is 96.8 cm³/mol. The van der Waals surface area contributed by atoms with Crippen LogP contribution in [-0.2, 0) is 4.79 Å². The minimum atomic E-state index is -0.789. The van der Waals surface area contributed by atoms with Crippen molar-refractivity contribution in [2.75, 3.05) is 6.54 Å². The Hall–Kier alpha value is -1.55. The van der Waals surface area contributed by atoms with E-state index in [9.17, 15) is 9.90 Å². The summed E-state index contributed by atoms with van der Waals surface area (Å²) in [5, 5.41) is 10.6. The van der Waals surface area contributed by atoms with Gasteiger partial charge in [-0.05, 0) is 37.0 Å². The first-order chi connectivity index (χ1) is 11.5. The van der Waals surface area contributed by atoms with E-state index in [1.54, 1.807) is 6.07 Å². The zero-order valence-electron chi connectivity index (χ0n) is 13.4. The Morgan fingerprint density at radius 2 is 1.92 bits per heavy atom. The van der Waals surface area contributed by atoms with Gasteiger partial charge in [0, 0.05) is 6.54 Å². The number of carboxylic acids is 1. The fraction of sp³-hybridized carbons (Fsp3) is 0.316. The number of nitrogens with zero attached hydrogens (tertiary/aromatic N) is 1. The summed E-state index contributed by atoms with van der Waals surface area (Å²) >= 11 is 12.7. The second-order valence-corrected chi connectivity index (χ2v) is 6.98. The van der Waals surface area contributed by atoms with Gasteiger partial charge >= 0.3 is 5.97 Å². The molecule has 2 unspecified atom stereocenters. The van der Waals surface area contributed by atoms with Crippen molar-refractivity contribution in [1.82, 2.24) is 4.90 Å². The summed E-state index contributed by atoms with van der Waals surface area (Å²) < 4.78 is 0. The van der Waals surface area contributed by atoms with E-state index < -0.39 is 12.0 Å². The molecule has 0 saturated carbocycles. The maximum absolute atomic E-state index is 11.7. The molecule has 0 aromatic heterocycles. The van der Waals surface area contributed by atoms with Crippen LogP contribution in [0.4, 0.5) is 0 Å². The van der Waals surface area contributed by atoms with Crippen molar-refractivity contribution in [1.29, 1.82) is 0 Å². The zero-order valence-corrected chi connectivity index (χ0v) is 14.9. The molecule has 0 spiro atoms. The van der Waals surface area contributed by atoms with Crippen LogP contribution in [0.3, 0.4) is 0 Å². The van der Waals surface area contributed by atoms with Crippen LogP contribution in [0.25, 0.3) is 0 Å². The SMILES string of the molecule is Cc1ccc(C(c2cccc(Cl)c2Cl)N2CCCC2C(=O)O)cc1. The quantitative estimate of drug-likeness (QED) is 0.835. The second kappa shape index (κ2) is 7.14. The number of hydrogen-bond acceptors (Lipinski definition) is 2. The minimum absolute atomic E-state index is 0.222. The van der Waals surface area contributed by atoms with E-state index in [0.29, 0.717) is 16.5 Å². The number of likely N-dealkylation sites (tertiary alicyclic amines) is 1. The highest BCUT2D eigenvalue weighted by Gasteiger charge is 2.37. The van der Waals surface area contributed by atoms with Gasteiger partial charge in [0.15, 0.2) is 0 Å². The molecule has 1 fully saturated rings. The van der Waals surface area contributed by atoms with Crippen LogP contribution in [0, 0.1) is 6.92 Å². The van der Waals surface area contributed by atoms with Gasteiger partial charge in [0.05, 0.1) is 16.1 Å². The predicted octanol–water partition coefficient (Wildman–Crippen LogP) is 4.94. The second-order valence-electron chi connectivity index (χ2n) is 6.19. The molecule has 126 valence electrons. The molecule has 1 saturated heterocycles. The van der Waals surface area contributed by atoms with E-state index in [1.165, 1.54) is 0 Å². The van der Waals surface area contributed by atoms with Crippen LogP contribution in [0.2, 0.25) is 10.0 Å². The van der Waals surface area contributed by atoms with Crippen molar-refractivity contribution in [3.05, 3.63) is 69.2 Å². The Kier molecular flexibility index (Phi) is 5.14. The third kappa shape index (κ3) is 3.30. The number of hydrogen-bond donors (Lipinski definition) is 1. The van der Waals surface area contributed by atoms with Crippen LogP contribution < -0.4 is 0 Å². The molecule has 2 aromatic rings. The largest absolute Gasteiger partial charge is 0.480 e. The lowest BCUT2D eigenvalue weighted by molar-refractivity contribution is -0.142. The van der Waals surface area contributed by atoms with Gasteiger partial charge in [-0.1, -0.05) is 65.2 Å². The lowest BCUT2D eigenvalue weighted by Gasteiger charge is -2.32. The third-order valence-corrected chi connectivity index (χ3v) is 5.41. The Morgan fingerprint density at radius 1 is 1.21 bits per heavy atom. The number of carbonyl (C=O) groups is 1. The van der Waals surface area contributed by atoms with Gasteiger partial charge in [0.1, 0.15) is 6.04 Å². The van der Waals surface area contributed by atoms with Crippen LogP contribution in [0.1, 0.15) is 35.6 Å². The molecule has 1 aliphatic heterocycles. The number of halogens is 2. The molecule has 0 amide bonds. The first kappa shape index (κ1) is 17.3. The van der Waals surface area contributed by atoms with Crippen LogP contribution in [0.15, 0.2) is 42.5 Å². The van der Waals surface area contributed by atoms with Gasteiger partial charge in [-0.2, -0.15) is 0 Å². The monoisotopic (exact) mass is 363 g/mol. The van der Waals surface area contributed by atoms with E-state index in [0.717, 1.165) is 29.7 Å². The third-order valence-electron chi connectivity index (χ3n) is 4.58. The molecule has 0 bridgehead atoms. The molecule has 0 radical (unpaired) electrons. The summed E-state index contributed by atoms with van der Waals surface area (Å²) in [7, 11) is 0. The maximum atomic E-state index is 11.7. The van der Waals surface area contributed by atoms with Crippen molar-refractivity contribution in [2.45, 2.75) is 31.8 Å². The topological polar surface area (TPSA) is 40.5 Å². The maximum Gasteiger partial charge on any atom is 0.320 e. The highest BCUT2D eigenvalue weighted by molar-refractivity contribution is 6.42. The van der Waals surface area contributed by atoms with E-state index in [-0.39, 0.29) is 6.04 Å². The summed E-state index contributed by atoms with van der Waals surface area (Å²) in [6.45, 7) is 2.75. The molecule has 2 atom stereocenters. The Labute approximate surface area is 151 Å². The van der Waals surface area contributed by atoms with E-state index in [1.807, 2.05) is 48.2 Å². The number of aryl methyl sites for hydroxylation is 1. The number of carboxylic acid groups (broad SMARTS) is 1. The molecule has 1 heterocycles. The molecule has 5 heteroatoms. The van der Waals surface area contributed by atoms with Gasteiger partial charge < -0.3 is 5.11 Å². The van der Waals surface area contributed by atoms with Gasteiger partial charge in [-0.25, -0.2) is 0 Å². The first-order valence-corrected chi connectivity index (χ1v) is 8.73. The molecule has 2 aromatic carbocycles. The minimum Gasteiger partial charge on any atom is -0.480 e. The lowest BCUT2D eigenvalue weighted by atomic mass is 9.95. The normalized spacial score (nSPS) is 19.4. The van der Waals surface area contributed by atoms with Crippen molar-refractivity contribution in [3.8, 4) is 0 Å².